The third-order valence-corrected chi connectivity index (χ3v) is 4.26. The van der Waals surface area contributed by atoms with Gasteiger partial charge in [-0.2, -0.15) is 0 Å². The first-order valence-corrected chi connectivity index (χ1v) is 6.94. The summed E-state index contributed by atoms with van der Waals surface area (Å²) in [6, 6.07) is 8.77. The molecule has 1 aromatic carbocycles. The molecule has 1 aromatic heterocycles. The summed E-state index contributed by atoms with van der Waals surface area (Å²) in [6.45, 7) is 3.01. The molecule has 0 spiro atoms. The Morgan fingerprint density at radius 3 is 2.89 bits per heavy atom. The normalized spacial score (nSPS) is 13.1. The lowest BCUT2D eigenvalue weighted by molar-refractivity contribution is 0.255. The molecule has 0 saturated carbocycles. The molecule has 18 heavy (non-hydrogen) atoms. The Labute approximate surface area is 112 Å². The quantitative estimate of drug-likeness (QED) is 0.642. The topological polar surface area (TPSA) is 53.1 Å². The Morgan fingerprint density at radius 1 is 1.44 bits per heavy atom. The van der Waals surface area contributed by atoms with Crippen LogP contribution < -0.4 is 5.73 Å². The van der Waals surface area contributed by atoms with Gasteiger partial charge in [0, 0.05) is 23.7 Å². The van der Waals surface area contributed by atoms with E-state index in [0.717, 1.165) is 6.54 Å². The fourth-order valence-corrected chi connectivity index (χ4v) is 3.01. The van der Waals surface area contributed by atoms with Crippen molar-refractivity contribution in [1.29, 1.82) is 5.41 Å². The van der Waals surface area contributed by atoms with Gasteiger partial charge in [-0.15, -0.1) is 11.3 Å². The minimum Gasteiger partial charge on any atom is -0.388 e. The smallest absolute Gasteiger partial charge is 0.0920 e. The zero-order chi connectivity index (χ0) is 13.1. The molecule has 0 aliphatic rings. The fourth-order valence-electron chi connectivity index (χ4n) is 2.05. The van der Waals surface area contributed by atoms with Crippen molar-refractivity contribution in [1.82, 2.24) is 4.90 Å². The number of nitrogens with one attached hydrogen (secondary N) is 1. The number of amidine groups is 1. The third kappa shape index (κ3) is 2.89. The molecule has 4 heteroatoms. The van der Waals surface area contributed by atoms with Gasteiger partial charge in [0.1, 0.15) is 0 Å². The second-order valence-corrected chi connectivity index (χ2v) is 5.66. The molecule has 3 nitrogen and oxygen atoms in total. The SMILES string of the molecule is CC(CC(=N)N)N(C)Cc1csc2ccccc12. The monoisotopic (exact) mass is 261 g/mol. The highest BCUT2D eigenvalue weighted by Crippen LogP contribution is 2.26. The average Bonchev–Trinajstić information content (AvgIpc) is 2.72. The number of nitrogens with zero attached hydrogens (tertiary/aromatic N) is 1. The van der Waals surface area contributed by atoms with Crippen LogP contribution >= 0.6 is 11.3 Å². The van der Waals surface area contributed by atoms with Crippen molar-refractivity contribution >= 4 is 27.3 Å². The summed E-state index contributed by atoms with van der Waals surface area (Å²) in [6.07, 6.45) is 0.624. The van der Waals surface area contributed by atoms with Gasteiger partial charge in [0.2, 0.25) is 0 Å². The van der Waals surface area contributed by atoms with E-state index in [0.29, 0.717) is 12.5 Å². The van der Waals surface area contributed by atoms with Gasteiger partial charge in [0.05, 0.1) is 5.84 Å². The van der Waals surface area contributed by atoms with Gasteiger partial charge in [-0.3, -0.25) is 10.3 Å². The number of nitrogens with two attached hydrogens (primary N) is 1. The van der Waals surface area contributed by atoms with Crippen molar-refractivity contribution in [2.45, 2.75) is 25.9 Å². The van der Waals surface area contributed by atoms with E-state index in [2.05, 4.69) is 48.5 Å². The van der Waals surface area contributed by atoms with Crippen molar-refractivity contribution in [3.8, 4) is 0 Å². The van der Waals surface area contributed by atoms with E-state index >= 15 is 0 Å². The molecule has 1 unspecified atom stereocenters. The first-order chi connectivity index (χ1) is 8.58. The summed E-state index contributed by atoms with van der Waals surface area (Å²) < 4.78 is 1.33. The van der Waals surface area contributed by atoms with Crippen molar-refractivity contribution < 1.29 is 0 Å². The summed E-state index contributed by atoms with van der Waals surface area (Å²) in [4.78, 5) is 2.25. The van der Waals surface area contributed by atoms with Crippen LogP contribution in [0.15, 0.2) is 29.6 Å². The first-order valence-electron chi connectivity index (χ1n) is 6.06. The van der Waals surface area contributed by atoms with Crippen LogP contribution in [0.5, 0.6) is 0 Å². The molecule has 3 N–H and O–H groups in total. The molecule has 0 aliphatic heterocycles. The fraction of sp³-hybridized carbons (Fsp3) is 0.357. The predicted molar refractivity (Wildman–Crippen MR) is 79.3 cm³/mol. The number of hydrogen-bond acceptors (Lipinski definition) is 3. The second-order valence-electron chi connectivity index (χ2n) is 4.75. The predicted octanol–water partition coefficient (Wildman–Crippen LogP) is 3.05. The van der Waals surface area contributed by atoms with E-state index in [4.69, 9.17) is 11.1 Å². The first kappa shape index (κ1) is 13.1. The third-order valence-electron chi connectivity index (χ3n) is 3.25. The lowest BCUT2D eigenvalue weighted by atomic mass is 10.1. The van der Waals surface area contributed by atoms with Gasteiger partial charge in [-0.25, -0.2) is 0 Å². The van der Waals surface area contributed by atoms with Gasteiger partial charge in [0.15, 0.2) is 0 Å². The van der Waals surface area contributed by atoms with E-state index in [9.17, 15) is 0 Å². The summed E-state index contributed by atoms with van der Waals surface area (Å²) in [7, 11) is 2.08. The van der Waals surface area contributed by atoms with Crippen molar-refractivity contribution in [2.24, 2.45) is 5.73 Å². The van der Waals surface area contributed by atoms with Gasteiger partial charge in [0.25, 0.3) is 0 Å². The summed E-state index contributed by atoms with van der Waals surface area (Å²) >= 11 is 1.79. The van der Waals surface area contributed by atoms with Crippen LogP contribution in [0.2, 0.25) is 0 Å². The summed E-state index contributed by atoms with van der Waals surface area (Å²) in [5.41, 5.74) is 6.81. The van der Waals surface area contributed by atoms with Crippen LogP contribution in [-0.4, -0.2) is 23.8 Å². The van der Waals surface area contributed by atoms with Crippen molar-refractivity contribution in [2.75, 3.05) is 7.05 Å². The van der Waals surface area contributed by atoms with Crippen LogP contribution in [0.1, 0.15) is 18.9 Å². The lowest BCUT2D eigenvalue weighted by Gasteiger charge is -2.24. The molecule has 0 amide bonds. The van der Waals surface area contributed by atoms with Crippen LogP contribution in [0, 0.1) is 5.41 Å². The largest absolute Gasteiger partial charge is 0.388 e. The summed E-state index contributed by atoms with van der Waals surface area (Å²) in [5, 5.41) is 10.9. The molecule has 0 saturated heterocycles. The zero-order valence-electron chi connectivity index (χ0n) is 10.8. The average molecular weight is 261 g/mol. The number of benzene rings is 1. The van der Waals surface area contributed by atoms with E-state index in [1.165, 1.54) is 15.6 Å². The highest BCUT2D eigenvalue weighted by molar-refractivity contribution is 7.17. The van der Waals surface area contributed by atoms with Crippen LogP contribution in [0.25, 0.3) is 10.1 Å². The second kappa shape index (κ2) is 5.50. The van der Waals surface area contributed by atoms with Crippen molar-refractivity contribution in [3.63, 3.8) is 0 Å². The van der Waals surface area contributed by atoms with Gasteiger partial charge < -0.3 is 5.73 Å². The molecular formula is C14H19N3S. The molecule has 96 valence electrons. The number of fused-ring (bicyclic) bond motifs is 1. The van der Waals surface area contributed by atoms with Gasteiger partial charge >= 0.3 is 0 Å². The minimum atomic E-state index is 0.254. The van der Waals surface area contributed by atoms with Crippen molar-refractivity contribution in [3.05, 3.63) is 35.2 Å². The Bertz CT molecular complexity index is 547. The molecule has 2 aromatic rings. The molecule has 2 rings (SSSR count). The number of hydrogen-bond donors (Lipinski definition) is 2. The maximum absolute atomic E-state index is 7.35. The Morgan fingerprint density at radius 2 is 2.17 bits per heavy atom. The van der Waals surface area contributed by atoms with E-state index in [-0.39, 0.29) is 5.84 Å². The number of rotatable bonds is 5. The summed E-state index contributed by atoms with van der Waals surface area (Å²) in [5.74, 6) is 0.254. The Hall–Kier alpha value is -1.39. The highest BCUT2D eigenvalue weighted by atomic mass is 32.1. The maximum atomic E-state index is 7.35. The molecule has 1 atom stereocenters. The molecular weight excluding hydrogens is 242 g/mol. The van der Waals surface area contributed by atoms with Gasteiger partial charge in [-0.05, 0) is 36.4 Å². The standard InChI is InChI=1S/C14H19N3S/c1-10(7-14(15)16)17(2)8-11-9-18-13-6-4-3-5-12(11)13/h3-6,9-10H,7-8H2,1-2H3,(H3,15,16). The van der Waals surface area contributed by atoms with Crippen LogP contribution in [0.3, 0.4) is 0 Å². The Kier molecular flexibility index (Phi) is 3.99. The number of thiophene rings is 1. The zero-order valence-corrected chi connectivity index (χ0v) is 11.6. The Balaban J connectivity index is 2.11. The molecule has 1 heterocycles. The molecule has 0 bridgehead atoms. The highest BCUT2D eigenvalue weighted by Gasteiger charge is 2.12. The lowest BCUT2D eigenvalue weighted by Crippen LogP contribution is -2.32. The molecule has 0 fully saturated rings. The van der Waals surface area contributed by atoms with Gasteiger partial charge in [-0.1, -0.05) is 18.2 Å². The maximum Gasteiger partial charge on any atom is 0.0920 e. The molecule has 0 radical (unpaired) electrons. The molecule has 0 aliphatic carbocycles. The van der Waals surface area contributed by atoms with Crippen LogP contribution in [0.4, 0.5) is 0 Å². The van der Waals surface area contributed by atoms with Crippen LogP contribution in [-0.2, 0) is 6.54 Å². The minimum absolute atomic E-state index is 0.254. The van der Waals surface area contributed by atoms with E-state index in [1.807, 2.05) is 0 Å². The van der Waals surface area contributed by atoms with E-state index < -0.39 is 0 Å². The van der Waals surface area contributed by atoms with E-state index in [1.54, 1.807) is 11.3 Å².